The summed E-state index contributed by atoms with van der Waals surface area (Å²) in [5.41, 5.74) is 0.657. The number of nitro groups is 1. The molecule has 0 bridgehead atoms. The van der Waals surface area contributed by atoms with E-state index in [0.29, 0.717) is 24.8 Å². The highest BCUT2D eigenvalue weighted by molar-refractivity contribution is 5.61. The van der Waals surface area contributed by atoms with Gasteiger partial charge in [-0.3, -0.25) is 10.1 Å². The van der Waals surface area contributed by atoms with Gasteiger partial charge < -0.3 is 14.8 Å². The minimum atomic E-state index is -0.504. The van der Waals surface area contributed by atoms with E-state index >= 15 is 0 Å². The van der Waals surface area contributed by atoms with Gasteiger partial charge in [-0.05, 0) is 32.3 Å². The van der Waals surface area contributed by atoms with Crippen LogP contribution in [-0.4, -0.2) is 30.0 Å². The first-order valence-electron chi connectivity index (χ1n) is 7.16. The largest absolute Gasteiger partial charge is 0.379 e. The Morgan fingerprint density at radius 2 is 2.19 bits per heavy atom. The van der Waals surface area contributed by atoms with Crippen molar-refractivity contribution in [2.24, 2.45) is 5.92 Å². The van der Waals surface area contributed by atoms with Gasteiger partial charge >= 0.3 is 0 Å². The first kappa shape index (κ1) is 15.7. The fraction of sp³-hybridized carbons (Fsp3) is 0.600. The summed E-state index contributed by atoms with van der Waals surface area (Å²) in [6, 6.07) is 6.68. The van der Waals surface area contributed by atoms with Crippen molar-refractivity contribution in [3.05, 3.63) is 34.4 Å². The van der Waals surface area contributed by atoms with Gasteiger partial charge in [-0.15, -0.1) is 0 Å². The van der Waals surface area contributed by atoms with Crippen LogP contribution in [-0.2, 0) is 9.47 Å². The number of ether oxygens (including phenoxy) is 2. The van der Waals surface area contributed by atoms with Crippen molar-refractivity contribution in [3.63, 3.8) is 0 Å². The van der Waals surface area contributed by atoms with Crippen LogP contribution in [0.5, 0.6) is 0 Å². The monoisotopic (exact) mass is 294 g/mol. The lowest BCUT2D eigenvalue weighted by Gasteiger charge is -2.19. The van der Waals surface area contributed by atoms with E-state index in [1.54, 1.807) is 18.2 Å². The molecule has 1 fully saturated rings. The van der Waals surface area contributed by atoms with Crippen LogP contribution in [0.1, 0.15) is 27.2 Å². The number of anilines is 1. The topological polar surface area (TPSA) is 73.6 Å². The summed E-state index contributed by atoms with van der Waals surface area (Å²) in [6.07, 6.45) is 0.944. The number of para-hydroxylation sites is 2. The van der Waals surface area contributed by atoms with E-state index in [0.717, 1.165) is 6.42 Å². The third kappa shape index (κ3) is 4.41. The highest BCUT2D eigenvalue weighted by atomic mass is 16.7. The number of hydrogen-bond acceptors (Lipinski definition) is 5. The van der Waals surface area contributed by atoms with Crippen LogP contribution in [0.4, 0.5) is 11.4 Å². The quantitative estimate of drug-likeness (QED) is 0.644. The SMILES string of the molecule is CC(CNc1ccccc1[N+](=O)[O-])CC1COC(C)(C)O1. The van der Waals surface area contributed by atoms with Gasteiger partial charge in [0.2, 0.25) is 0 Å². The van der Waals surface area contributed by atoms with Crippen LogP contribution in [0.3, 0.4) is 0 Å². The Hall–Kier alpha value is -1.66. The summed E-state index contributed by atoms with van der Waals surface area (Å²) < 4.78 is 11.3. The number of nitrogens with one attached hydrogen (secondary N) is 1. The second-order valence-electron chi connectivity index (χ2n) is 5.95. The molecule has 0 aliphatic carbocycles. The van der Waals surface area contributed by atoms with E-state index in [1.165, 1.54) is 6.07 Å². The third-order valence-electron chi connectivity index (χ3n) is 3.47. The van der Waals surface area contributed by atoms with Crippen molar-refractivity contribution < 1.29 is 14.4 Å². The van der Waals surface area contributed by atoms with E-state index < -0.39 is 5.79 Å². The van der Waals surface area contributed by atoms with E-state index in [2.05, 4.69) is 12.2 Å². The van der Waals surface area contributed by atoms with E-state index in [1.807, 2.05) is 13.8 Å². The average Bonchev–Trinajstić information content (AvgIpc) is 2.75. The van der Waals surface area contributed by atoms with E-state index in [9.17, 15) is 10.1 Å². The predicted octanol–water partition coefficient (Wildman–Crippen LogP) is 3.18. The molecule has 1 aliphatic rings. The van der Waals surface area contributed by atoms with Crippen molar-refractivity contribution in [2.45, 2.75) is 39.1 Å². The molecule has 2 rings (SSSR count). The molecule has 21 heavy (non-hydrogen) atoms. The molecule has 2 unspecified atom stereocenters. The first-order chi connectivity index (χ1) is 9.87. The molecule has 116 valence electrons. The Labute approximate surface area is 124 Å². The molecular weight excluding hydrogens is 272 g/mol. The number of benzene rings is 1. The molecule has 1 aromatic carbocycles. The van der Waals surface area contributed by atoms with Crippen molar-refractivity contribution in [1.29, 1.82) is 0 Å². The second kappa shape index (κ2) is 6.41. The Bertz CT molecular complexity index is 504. The van der Waals surface area contributed by atoms with Gasteiger partial charge in [0.05, 0.1) is 17.6 Å². The molecule has 0 saturated carbocycles. The molecular formula is C15H22N2O4. The maximum absolute atomic E-state index is 10.9. The Kier molecular flexibility index (Phi) is 4.80. The summed E-state index contributed by atoms with van der Waals surface area (Å²) >= 11 is 0. The highest BCUT2D eigenvalue weighted by Crippen LogP contribution is 2.27. The summed E-state index contributed by atoms with van der Waals surface area (Å²) in [5.74, 6) is -0.178. The Morgan fingerprint density at radius 3 is 2.81 bits per heavy atom. The molecule has 6 nitrogen and oxygen atoms in total. The normalized spacial score (nSPS) is 22.0. The summed E-state index contributed by atoms with van der Waals surface area (Å²) in [4.78, 5) is 10.6. The Balaban J connectivity index is 1.84. The molecule has 0 spiro atoms. The fourth-order valence-corrected chi connectivity index (χ4v) is 2.48. The molecule has 1 aromatic rings. The molecule has 0 radical (unpaired) electrons. The van der Waals surface area contributed by atoms with Gasteiger partial charge in [0.25, 0.3) is 5.69 Å². The van der Waals surface area contributed by atoms with Crippen LogP contribution < -0.4 is 5.32 Å². The lowest BCUT2D eigenvalue weighted by molar-refractivity contribution is -0.384. The zero-order valence-corrected chi connectivity index (χ0v) is 12.7. The second-order valence-corrected chi connectivity index (χ2v) is 5.95. The number of hydrogen-bond donors (Lipinski definition) is 1. The van der Waals surface area contributed by atoms with Crippen LogP contribution in [0.2, 0.25) is 0 Å². The van der Waals surface area contributed by atoms with Gasteiger partial charge in [-0.1, -0.05) is 19.1 Å². The summed E-state index contributed by atoms with van der Waals surface area (Å²) in [7, 11) is 0. The number of nitro benzene ring substituents is 1. The van der Waals surface area contributed by atoms with Gasteiger partial charge in [-0.2, -0.15) is 0 Å². The maximum atomic E-state index is 10.9. The minimum absolute atomic E-state index is 0.0857. The lowest BCUT2D eigenvalue weighted by atomic mass is 10.0. The molecule has 0 aromatic heterocycles. The van der Waals surface area contributed by atoms with E-state index in [-0.39, 0.29) is 16.7 Å². The molecule has 1 aliphatic heterocycles. The standard InChI is InChI=1S/C15H22N2O4/c1-11(8-12-10-20-15(2,3)21-12)9-16-13-6-4-5-7-14(13)17(18)19/h4-7,11-12,16H,8-10H2,1-3H3. The van der Waals surface area contributed by atoms with Gasteiger partial charge in [0, 0.05) is 12.6 Å². The average molecular weight is 294 g/mol. The predicted molar refractivity (Wildman–Crippen MR) is 80.3 cm³/mol. The van der Waals surface area contributed by atoms with Crippen LogP contribution >= 0.6 is 0 Å². The summed E-state index contributed by atoms with van der Waals surface area (Å²) in [6.45, 7) is 7.16. The van der Waals surface area contributed by atoms with Gasteiger partial charge in [0.15, 0.2) is 5.79 Å². The molecule has 0 amide bonds. The summed E-state index contributed by atoms with van der Waals surface area (Å²) in [5, 5.41) is 14.1. The molecule has 1 N–H and O–H groups in total. The maximum Gasteiger partial charge on any atom is 0.292 e. The number of nitrogens with zero attached hydrogens (tertiary/aromatic N) is 1. The van der Waals surface area contributed by atoms with E-state index in [4.69, 9.17) is 9.47 Å². The minimum Gasteiger partial charge on any atom is -0.379 e. The van der Waals surface area contributed by atoms with Gasteiger partial charge in [-0.25, -0.2) is 0 Å². The van der Waals surface area contributed by atoms with Gasteiger partial charge in [0.1, 0.15) is 5.69 Å². The van der Waals surface area contributed by atoms with Crippen molar-refractivity contribution >= 4 is 11.4 Å². The molecule has 2 atom stereocenters. The van der Waals surface area contributed by atoms with Crippen LogP contribution in [0.15, 0.2) is 24.3 Å². The molecule has 6 heteroatoms. The zero-order valence-electron chi connectivity index (χ0n) is 12.7. The molecule has 1 saturated heterocycles. The lowest BCUT2D eigenvalue weighted by Crippen LogP contribution is -2.24. The third-order valence-corrected chi connectivity index (χ3v) is 3.47. The number of rotatable bonds is 6. The zero-order chi connectivity index (χ0) is 15.5. The first-order valence-corrected chi connectivity index (χ1v) is 7.16. The van der Waals surface area contributed by atoms with Crippen LogP contribution in [0.25, 0.3) is 0 Å². The smallest absolute Gasteiger partial charge is 0.292 e. The van der Waals surface area contributed by atoms with Crippen molar-refractivity contribution in [1.82, 2.24) is 0 Å². The molecule has 1 heterocycles. The van der Waals surface area contributed by atoms with Crippen molar-refractivity contribution in [2.75, 3.05) is 18.5 Å². The highest BCUT2D eigenvalue weighted by Gasteiger charge is 2.33. The van der Waals surface area contributed by atoms with Crippen LogP contribution in [0, 0.1) is 16.0 Å². The Morgan fingerprint density at radius 1 is 1.48 bits per heavy atom. The van der Waals surface area contributed by atoms with Crippen molar-refractivity contribution in [3.8, 4) is 0 Å². The fourth-order valence-electron chi connectivity index (χ4n) is 2.48.